The average molecular weight is 411 g/mol. The number of carbonyl (C=O) groups excluding carboxylic acids is 2. The van der Waals surface area contributed by atoms with Crippen molar-refractivity contribution in [2.45, 2.75) is 84.5 Å². The molecule has 8 atom stereocenters. The highest BCUT2D eigenvalue weighted by Gasteiger charge is 2.68. The number of fused-ring (bicyclic) bond motifs is 5. The monoisotopic (exact) mass is 410 g/mol. The van der Waals surface area contributed by atoms with Crippen molar-refractivity contribution in [2.24, 2.45) is 46.3 Å². The van der Waals surface area contributed by atoms with Gasteiger partial charge in [-0.15, -0.1) is 0 Å². The van der Waals surface area contributed by atoms with Crippen LogP contribution in [0.1, 0.15) is 78.6 Å². The predicted octanol–water partition coefficient (Wildman–Crippen LogP) is 5.66. The first kappa shape index (κ1) is 21.2. The van der Waals surface area contributed by atoms with Crippen molar-refractivity contribution < 1.29 is 23.1 Å². The summed E-state index contributed by atoms with van der Waals surface area (Å²) in [4.78, 5) is 23.8. The van der Waals surface area contributed by atoms with Crippen molar-refractivity contribution in [2.75, 3.05) is 7.11 Å². The Morgan fingerprint density at radius 2 is 1.83 bits per heavy atom. The number of ether oxygens (including phenoxy) is 1. The maximum atomic E-state index is 15.6. The third kappa shape index (κ3) is 3.17. The van der Waals surface area contributed by atoms with Crippen LogP contribution in [0, 0.1) is 46.3 Å². The third-order valence-corrected chi connectivity index (χ3v) is 9.95. The molecule has 0 amide bonds. The summed E-state index contributed by atoms with van der Waals surface area (Å²) in [5, 5.41) is 0. The van der Waals surface area contributed by atoms with Crippen LogP contribution in [0.4, 0.5) is 8.78 Å². The van der Waals surface area contributed by atoms with Crippen molar-refractivity contribution in [1.29, 1.82) is 0 Å². The molecule has 5 heteroatoms. The lowest BCUT2D eigenvalue weighted by atomic mass is 9.43. The summed E-state index contributed by atoms with van der Waals surface area (Å²) in [6.07, 6.45) is 5.48. The van der Waals surface area contributed by atoms with Crippen molar-refractivity contribution in [3.8, 4) is 0 Å². The minimum Gasteiger partial charge on any atom is -0.469 e. The van der Waals surface area contributed by atoms with Gasteiger partial charge in [0.15, 0.2) is 0 Å². The van der Waals surface area contributed by atoms with Gasteiger partial charge in [-0.25, -0.2) is 8.78 Å². The molecule has 4 fully saturated rings. The van der Waals surface area contributed by atoms with E-state index in [-0.39, 0.29) is 52.7 Å². The van der Waals surface area contributed by atoms with Crippen molar-refractivity contribution in [3.05, 3.63) is 0 Å². The maximum absolute atomic E-state index is 15.6. The second-order valence-electron chi connectivity index (χ2n) is 11.1. The number of alkyl halides is 2. The molecule has 3 nitrogen and oxygen atoms in total. The molecule has 0 heterocycles. The molecule has 4 rings (SSSR count). The number of carbonyl (C=O) groups is 2. The molecule has 0 aromatic heterocycles. The van der Waals surface area contributed by atoms with Crippen LogP contribution in [-0.2, 0) is 14.3 Å². The topological polar surface area (TPSA) is 43.4 Å². The molecule has 29 heavy (non-hydrogen) atoms. The van der Waals surface area contributed by atoms with Gasteiger partial charge in [0.25, 0.3) is 5.92 Å². The molecule has 4 aliphatic rings. The summed E-state index contributed by atoms with van der Waals surface area (Å²) in [6, 6.07) is 0. The number of hydrogen-bond donors (Lipinski definition) is 0. The summed E-state index contributed by atoms with van der Waals surface area (Å²) in [6.45, 7) is 6.50. The summed E-state index contributed by atoms with van der Waals surface area (Å²) in [7, 11) is 1.41. The van der Waals surface area contributed by atoms with Gasteiger partial charge in [-0.1, -0.05) is 20.8 Å². The van der Waals surface area contributed by atoms with Crippen LogP contribution in [0.25, 0.3) is 0 Å². The predicted molar refractivity (Wildman–Crippen MR) is 106 cm³/mol. The molecule has 3 unspecified atom stereocenters. The number of hydrogen-bond acceptors (Lipinski definition) is 3. The van der Waals surface area contributed by atoms with Gasteiger partial charge in [-0.05, 0) is 72.5 Å². The highest BCUT2D eigenvalue weighted by atomic mass is 19.3. The molecule has 0 aromatic rings. The smallest absolute Gasteiger partial charge is 0.305 e. The van der Waals surface area contributed by atoms with E-state index in [0.717, 1.165) is 32.1 Å². The van der Waals surface area contributed by atoms with Crippen LogP contribution in [0.2, 0.25) is 0 Å². The molecule has 0 aliphatic heterocycles. The largest absolute Gasteiger partial charge is 0.469 e. The number of Topliss-reactive ketones (excluding diaryl/α,β-unsaturated/α-hetero) is 1. The van der Waals surface area contributed by atoms with Gasteiger partial charge in [0, 0.05) is 31.6 Å². The van der Waals surface area contributed by atoms with Gasteiger partial charge >= 0.3 is 5.97 Å². The second-order valence-corrected chi connectivity index (χ2v) is 11.1. The Labute approximate surface area is 173 Å². The first-order valence-corrected chi connectivity index (χ1v) is 11.5. The highest BCUT2D eigenvalue weighted by Crippen LogP contribution is 2.70. The Bertz CT molecular complexity index is 692. The van der Waals surface area contributed by atoms with Gasteiger partial charge in [-0.3, -0.25) is 9.59 Å². The van der Waals surface area contributed by atoms with Crippen LogP contribution in [0.3, 0.4) is 0 Å². The van der Waals surface area contributed by atoms with E-state index in [1.54, 1.807) is 0 Å². The Balaban J connectivity index is 1.63. The van der Waals surface area contributed by atoms with Gasteiger partial charge in [0.1, 0.15) is 5.78 Å². The molecule has 0 saturated heterocycles. The third-order valence-electron chi connectivity index (χ3n) is 9.95. The molecule has 0 bridgehead atoms. The lowest BCUT2D eigenvalue weighted by Crippen LogP contribution is -2.60. The Kier molecular flexibility index (Phi) is 5.14. The number of rotatable bonds is 3. The Morgan fingerprint density at radius 3 is 2.52 bits per heavy atom. The molecule has 164 valence electrons. The fourth-order valence-electron chi connectivity index (χ4n) is 8.41. The molecule has 4 saturated carbocycles. The van der Waals surface area contributed by atoms with E-state index in [0.29, 0.717) is 25.2 Å². The molecule has 0 radical (unpaired) electrons. The maximum Gasteiger partial charge on any atom is 0.305 e. The average Bonchev–Trinajstić information content (AvgIpc) is 3.00. The highest BCUT2D eigenvalue weighted by molar-refractivity contribution is 5.79. The van der Waals surface area contributed by atoms with E-state index in [2.05, 4.69) is 20.8 Å². The fourth-order valence-corrected chi connectivity index (χ4v) is 8.41. The Morgan fingerprint density at radius 1 is 1.14 bits per heavy atom. The molecule has 4 aliphatic carbocycles. The van der Waals surface area contributed by atoms with E-state index in [1.807, 2.05) is 0 Å². The van der Waals surface area contributed by atoms with Crippen LogP contribution >= 0.6 is 0 Å². The molecule has 0 aromatic carbocycles. The summed E-state index contributed by atoms with van der Waals surface area (Å²) < 4.78 is 36.1. The summed E-state index contributed by atoms with van der Waals surface area (Å²) in [5.74, 6) is -3.01. The van der Waals surface area contributed by atoms with E-state index in [9.17, 15) is 9.59 Å². The van der Waals surface area contributed by atoms with Crippen molar-refractivity contribution in [1.82, 2.24) is 0 Å². The summed E-state index contributed by atoms with van der Waals surface area (Å²) in [5.41, 5.74) is -0.261. The van der Waals surface area contributed by atoms with Crippen LogP contribution < -0.4 is 0 Å². The summed E-state index contributed by atoms with van der Waals surface area (Å²) >= 11 is 0. The first-order valence-electron chi connectivity index (χ1n) is 11.5. The van der Waals surface area contributed by atoms with Gasteiger partial charge in [0.2, 0.25) is 0 Å². The normalized spacial score (nSPS) is 47.0. The molecule has 0 spiro atoms. The van der Waals surface area contributed by atoms with E-state index in [4.69, 9.17) is 4.74 Å². The zero-order valence-electron chi connectivity index (χ0n) is 18.3. The number of esters is 1. The van der Waals surface area contributed by atoms with Crippen LogP contribution in [0.5, 0.6) is 0 Å². The minimum atomic E-state index is -2.70. The van der Waals surface area contributed by atoms with Crippen LogP contribution in [0.15, 0.2) is 0 Å². The van der Waals surface area contributed by atoms with Crippen LogP contribution in [-0.4, -0.2) is 24.8 Å². The standard InChI is InChI=1S/C24H36F2O3/c1-14(11-20(28)29-4)17-5-6-18-21-19(8-10-23(17,18)3)22(2)9-7-16(27)12-15(22)13-24(21,25)26/h14-15,17-19,21H,5-13H2,1-4H3/t14-,15+,17-,18?,19?,21?,22+,23-/m1/s1. The van der Waals surface area contributed by atoms with Gasteiger partial charge < -0.3 is 4.74 Å². The zero-order chi connectivity index (χ0) is 21.2. The van der Waals surface area contributed by atoms with E-state index in [1.165, 1.54) is 7.11 Å². The lowest BCUT2D eigenvalue weighted by molar-refractivity contribution is -0.231. The molecular formula is C24H36F2O3. The Hall–Kier alpha value is -1.00. The second kappa shape index (κ2) is 7.02. The van der Waals surface area contributed by atoms with Gasteiger partial charge in [-0.2, -0.15) is 0 Å². The van der Waals surface area contributed by atoms with Crippen molar-refractivity contribution in [3.63, 3.8) is 0 Å². The SMILES string of the molecule is COC(=O)C[C@@H](C)[C@H]1CCC2C3C(CC[C@@]21C)[C@@]1(C)CCC(=O)C[C@H]1CC3(F)F. The first-order chi connectivity index (χ1) is 13.5. The molecular weight excluding hydrogens is 374 g/mol. The number of ketones is 1. The van der Waals surface area contributed by atoms with E-state index < -0.39 is 11.8 Å². The quantitative estimate of drug-likeness (QED) is 0.564. The number of halogens is 2. The number of methoxy groups -OCH3 is 1. The van der Waals surface area contributed by atoms with Gasteiger partial charge in [0.05, 0.1) is 7.11 Å². The zero-order valence-corrected chi connectivity index (χ0v) is 18.3. The van der Waals surface area contributed by atoms with E-state index >= 15 is 8.78 Å². The fraction of sp³-hybridized carbons (Fsp3) is 0.917. The lowest BCUT2D eigenvalue weighted by Gasteiger charge is -2.62. The molecule has 0 N–H and O–H groups in total. The van der Waals surface area contributed by atoms with Crippen molar-refractivity contribution >= 4 is 11.8 Å². The minimum absolute atomic E-state index is 0.0109.